The lowest BCUT2D eigenvalue weighted by atomic mass is 10.2. The summed E-state index contributed by atoms with van der Waals surface area (Å²) in [6, 6.07) is 7.89. The number of alkyl halides is 3. The van der Waals surface area contributed by atoms with E-state index in [1.807, 2.05) is 0 Å². The maximum atomic E-state index is 12.3. The summed E-state index contributed by atoms with van der Waals surface area (Å²) in [5.41, 5.74) is 5.60. The molecule has 2 aromatic rings. The fourth-order valence-electron chi connectivity index (χ4n) is 1.81. The van der Waals surface area contributed by atoms with Gasteiger partial charge < -0.3 is 21.1 Å². The van der Waals surface area contributed by atoms with Gasteiger partial charge in [0.25, 0.3) is 5.91 Å². The predicted octanol–water partition coefficient (Wildman–Crippen LogP) is 2.77. The smallest absolute Gasteiger partial charge is 0.422 e. The fourth-order valence-corrected chi connectivity index (χ4v) is 1.81. The highest BCUT2D eigenvalue weighted by atomic mass is 19.4. The van der Waals surface area contributed by atoms with E-state index >= 15 is 0 Å². The lowest BCUT2D eigenvalue weighted by molar-refractivity contribution is -0.154. The van der Waals surface area contributed by atoms with Crippen LogP contribution in [0.2, 0.25) is 0 Å². The molecule has 4 N–H and O–H groups in total. The van der Waals surface area contributed by atoms with E-state index in [1.54, 1.807) is 0 Å². The van der Waals surface area contributed by atoms with Gasteiger partial charge in [-0.25, -0.2) is 9.78 Å². The second kappa shape index (κ2) is 7.51. The Morgan fingerprint density at radius 2 is 1.68 bits per heavy atom. The molecule has 0 atom stereocenters. The average Bonchev–Trinajstić information content (AvgIpc) is 2.54. The summed E-state index contributed by atoms with van der Waals surface area (Å²) >= 11 is 0. The van der Waals surface area contributed by atoms with Gasteiger partial charge in [0.2, 0.25) is 5.88 Å². The molecule has 0 fully saturated rings. The molecule has 0 aliphatic carbocycles. The van der Waals surface area contributed by atoms with E-state index in [4.69, 9.17) is 5.73 Å². The van der Waals surface area contributed by atoms with E-state index in [2.05, 4.69) is 20.4 Å². The van der Waals surface area contributed by atoms with Crippen LogP contribution < -0.4 is 21.1 Å². The first-order valence-corrected chi connectivity index (χ1v) is 6.87. The minimum absolute atomic E-state index is 0.147. The van der Waals surface area contributed by atoms with Crippen molar-refractivity contribution in [3.8, 4) is 5.88 Å². The van der Waals surface area contributed by atoms with Gasteiger partial charge in [-0.15, -0.1) is 0 Å². The molecule has 1 heterocycles. The molecular formula is C15H13F3N4O3. The zero-order valence-electron chi connectivity index (χ0n) is 12.6. The Bertz CT molecular complexity index is 763. The third-order valence-corrected chi connectivity index (χ3v) is 2.80. The highest BCUT2D eigenvalue weighted by Crippen LogP contribution is 2.21. The van der Waals surface area contributed by atoms with E-state index in [0.717, 1.165) is 0 Å². The number of primary amides is 1. The number of carbonyl (C=O) groups excluding carboxylic acids is 2. The lowest BCUT2D eigenvalue weighted by Gasteiger charge is -2.12. The summed E-state index contributed by atoms with van der Waals surface area (Å²) in [6.45, 7) is -1.56. The Labute approximate surface area is 140 Å². The van der Waals surface area contributed by atoms with Crippen LogP contribution in [-0.2, 0) is 0 Å². The molecule has 1 aromatic heterocycles. The van der Waals surface area contributed by atoms with Crippen molar-refractivity contribution >= 4 is 23.3 Å². The van der Waals surface area contributed by atoms with Crippen molar-refractivity contribution in [1.29, 1.82) is 0 Å². The number of aromatic nitrogens is 1. The topological polar surface area (TPSA) is 106 Å². The molecule has 10 heteroatoms. The van der Waals surface area contributed by atoms with Gasteiger partial charge in [0.05, 0.1) is 0 Å². The summed E-state index contributed by atoms with van der Waals surface area (Å²) in [5.74, 6) is -1.12. The van der Waals surface area contributed by atoms with Gasteiger partial charge in [0.15, 0.2) is 6.61 Å². The van der Waals surface area contributed by atoms with Gasteiger partial charge in [-0.05, 0) is 36.4 Å². The summed E-state index contributed by atoms with van der Waals surface area (Å²) in [7, 11) is 0. The number of nitrogens with two attached hydrogens (primary N) is 1. The van der Waals surface area contributed by atoms with Gasteiger partial charge in [-0.3, -0.25) is 4.79 Å². The molecule has 0 saturated heterocycles. The molecule has 0 aliphatic heterocycles. The van der Waals surface area contributed by atoms with Crippen LogP contribution in [0.1, 0.15) is 10.4 Å². The molecule has 7 nitrogen and oxygen atoms in total. The van der Waals surface area contributed by atoms with E-state index < -0.39 is 30.6 Å². The van der Waals surface area contributed by atoms with Gasteiger partial charge in [0.1, 0.15) is 5.56 Å². The van der Waals surface area contributed by atoms with Crippen LogP contribution in [-0.4, -0.2) is 29.7 Å². The van der Waals surface area contributed by atoms with Crippen molar-refractivity contribution in [3.63, 3.8) is 0 Å². The Kier molecular flexibility index (Phi) is 5.42. The second-order valence-corrected chi connectivity index (χ2v) is 4.78. The number of hydrogen-bond donors (Lipinski definition) is 3. The van der Waals surface area contributed by atoms with Crippen LogP contribution >= 0.6 is 0 Å². The molecule has 0 unspecified atom stereocenters. The van der Waals surface area contributed by atoms with Crippen molar-refractivity contribution < 1.29 is 27.5 Å². The van der Waals surface area contributed by atoms with Crippen LogP contribution in [0.3, 0.4) is 0 Å². The van der Waals surface area contributed by atoms with Crippen molar-refractivity contribution in [2.24, 2.45) is 5.73 Å². The number of urea groups is 1. The highest BCUT2D eigenvalue weighted by Gasteiger charge is 2.29. The number of nitrogens with zero attached hydrogens (tertiary/aromatic N) is 1. The van der Waals surface area contributed by atoms with Gasteiger partial charge in [-0.2, -0.15) is 13.2 Å². The summed E-state index contributed by atoms with van der Waals surface area (Å²) in [5, 5.41) is 4.84. The summed E-state index contributed by atoms with van der Waals surface area (Å²) in [6.07, 6.45) is -3.33. The number of nitrogens with one attached hydrogen (secondary N) is 2. The molecular weight excluding hydrogens is 341 g/mol. The van der Waals surface area contributed by atoms with Crippen molar-refractivity contribution in [1.82, 2.24) is 4.98 Å². The Morgan fingerprint density at radius 3 is 2.24 bits per heavy atom. The number of rotatable bonds is 5. The normalized spacial score (nSPS) is 10.8. The molecule has 3 amide bonds. The first kappa shape index (κ1) is 18.0. The quantitative estimate of drug-likeness (QED) is 0.767. The number of benzene rings is 1. The minimum Gasteiger partial charge on any atom is -0.467 e. The van der Waals surface area contributed by atoms with E-state index in [0.29, 0.717) is 11.4 Å². The van der Waals surface area contributed by atoms with Crippen LogP contribution in [0.5, 0.6) is 5.88 Å². The van der Waals surface area contributed by atoms with Crippen LogP contribution in [0.15, 0.2) is 42.6 Å². The van der Waals surface area contributed by atoms with Crippen molar-refractivity contribution in [3.05, 3.63) is 48.2 Å². The summed E-state index contributed by atoms with van der Waals surface area (Å²) in [4.78, 5) is 26.6. The molecule has 1 aromatic carbocycles. The highest BCUT2D eigenvalue weighted by molar-refractivity contribution is 6.05. The Hall–Kier alpha value is -3.30. The first-order valence-electron chi connectivity index (χ1n) is 6.87. The number of anilines is 2. The van der Waals surface area contributed by atoms with Crippen molar-refractivity contribution in [2.75, 3.05) is 17.2 Å². The lowest BCUT2D eigenvalue weighted by Crippen LogP contribution is -2.22. The van der Waals surface area contributed by atoms with Crippen molar-refractivity contribution in [2.45, 2.75) is 6.18 Å². The number of hydrogen-bond acceptors (Lipinski definition) is 4. The zero-order valence-corrected chi connectivity index (χ0v) is 12.6. The van der Waals surface area contributed by atoms with Crippen LogP contribution in [0, 0.1) is 0 Å². The minimum atomic E-state index is -4.55. The maximum Gasteiger partial charge on any atom is 0.422 e. The van der Waals surface area contributed by atoms with Crippen LogP contribution in [0.25, 0.3) is 0 Å². The number of ether oxygens (including phenoxy) is 1. The number of halogens is 3. The van der Waals surface area contributed by atoms with Gasteiger partial charge in [0, 0.05) is 17.6 Å². The third kappa shape index (κ3) is 5.68. The maximum absolute atomic E-state index is 12.3. The SMILES string of the molecule is NC(=O)Nc1ccc(NC(=O)c2cccnc2OCC(F)(F)F)cc1. The first-order chi connectivity index (χ1) is 11.7. The number of pyridine rings is 1. The predicted molar refractivity (Wildman–Crippen MR) is 83.4 cm³/mol. The number of carbonyl (C=O) groups is 2. The summed E-state index contributed by atoms with van der Waals surface area (Å²) < 4.78 is 41.3. The Balaban J connectivity index is 2.09. The molecule has 132 valence electrons. The van der Waals surface area contributed by atoms with Crippen LogP contribution in [0.4, 0.5) is 29.3 Å². The fraction of sp³-hybridized carbons (Fsp3) is 0.133. The van der Waals surface area contributed by atoms with E-state index in [-0.39, 0.29) is 5.56 Å². The molecule has 0 radical (unpaired) electrons. The third-order valence-electron chi connectivity index (χ3n) is 2.80. The van der Waals surface area contributed by atoms with E-state index in [9.17, 15) is 22.8 Å². The number of amides is 3. The largest absolute Gasteiger partial charge is 0.467 e. The zero-order chi connectivity index (χ0) is 18.4. The second-order valence-electron chi connectivity index (χ2n) is 4.78. The van der Waals surface area contributed by atoms with Gasteiger partial charge >= 0.3 is 12.2 Å². The molecule has 25 heavy (non-hydrogen) atoms. The standard InChI is InChI=1S/C15H13F3N4O3/c16-15(17,18)8-25-13-11(2-1-7-20-13)12(23)21-9-3-5-10(6-4-9)22-14(19)24/h1-7H,8H2,(H,21,23)(H3,19,22,24). The molecule has 0 saturated carbocycles. The Morgan fingerprint density at radius 1 is 1.08 bits per heavy atom. The average molecular weight is 354 g/mol. The molecule has 0 spiro atoms. The van der Waals surface area contributed by atoms with E-state index in [1.165, 1.54) is 42.6 Å². The molecule has 0 bridgehead atoms. The monoisotopic (exact) mass is 354 g/mol. The molecule has 2 rings (SSSR count). The van der Waals surface area contributed by atoms with Gasteiger partial charge in [-0.1, -0.05) is 0 Å². The molecule has 0 aliphatic rings.